The van der Waals surface area contributed by atoms with Crippen LogP contribution >= 0.6 is 0 Å². The first-order valence-corrected chi connectivity index (χ1v) is 7.48. The van der Waals surface area contributed by atoms with E-state index in [1.807, 2.05) is 31.2 Å². The van der Waals surface area contributed by atoms with Gasteiger partial charge in [0.15, 0.2) is 0 Å². The average Bonchev–Trinajstić information content (AvgIpc) is 2.94. The Morgan fingerprint density at radius 2 is 2.05 bits per heavy atom. The van der Waals surface area contributed by atoms with Crippen molar-refractivity contribution in [3.05, 3.63) is 35.9 Å². The van der Waals surface area contributed by atoms with Crippen molar-refractivity contribution in [2.24, 2.45) is 0 Å². The van der Waals surface area contributed by atoms with Crippen molar-refractivity contribution in [2.75, 3.05) is 13.2 Å². The molecule has 104 valence electrons. The Hall–Kier alpha value is -1.28. The van der Waals surface area contributed by atoms with Crippen LogP contribution in [0.25, 0.3) is 6.08 Å². The van der Waals surface area contributed by atoms with Gasteiger partial charge in [-0.1, -0.05) is 43.2 Å². The lowest BCUT2D eigenvalue weighted by molar-refractivity contribution is 0.304. The molecule has 0 aromatic heterocycles. The molecule has 0 amide bonds. The summed E-state index contributed by atoms with van der Waals surface area (Å²) >= 11 is 0. The average molecular weight is 259 g/mol. The molecule has 0 aliphatic heterocycles. The normalized spacial score (nSPS) is 16.3. The van der Waals surface area contributed by atoms with Crippen LogP contribution in [0.2, 0.25) is 0 Å². The van der Waals surface area contributed by atoms with E-state index in [9.17, 15) is 0 Å². The van der Waals surface area contributed by atoms with Gasteiger partial charge in [-0.05, 0) is 38.8 Å². The molecule has 2 nitrogen and oxygen atoms in total. The summed E-state index contributed by atoms with van der Waals surface area (Å²) in [5, 5.41) is 3.61. The third kappa shape index (κ3) is 4.71. The molecular weight excluding hydrogens is 234 g/mol. The summed E-state index contributed by atoms with van der Waals surface area (Å²) < 4.78 is 5.86. The molecule has 1 N–H and O–H groups in total. The first kappa shape index (κ1) is 14.1. The molecule has 0 radical (unpaired) electrons. The van der Waals surface area contributed by atoms with Crippen molar-refractivity contribution in [1.29, 1.82) is 0 Å². The molecule has 0 heterocycles. The van der Waals surface area contributed by atoms with E-state index in [2.05, 4.69) is 17.5 Å². The van der Waals surface area contributed by atoms with Crippen molar-refractivity contribution in [1.82, 2.24) is 5.32 Å². The van der Waals surface area contributed by atoms with Crippen molar-refractivity contribution < 1.29 is 4.74 Å². The van der Waals surface area contributed by atoms with Gasteiger partial charge in [-0.2, -0.15) is 0 Å². The summed E-state index contributed by atoms with van der Waals surface area (Å²) in [6, 6.07) is 8.96. The van der Waals surface area contributed by atoms with E-state index in [0.29, 0.717) is 0 Å². The molecule has 0 unspecified atom stereocenters. The zero-order valence-corrected chi connectivity index (χ0v) is 11.9. The Morgan fingerprint density at radius 1 is 1.26 bits per heavy atom. The third-order valence-corrected chi connectivity index (χ3v) is 3.63. The molecule has 1 fully saturated rings. The fourth-order valence-corrected chi connectivity index (χ4v) is 2.62. The summed E-state index contributed by atoms with van der Waals surface area (Å²) in [6.07, 6.45) is 10.7. The highest BCUT2D eigenvalue weighted by atomic mass is 16.5. The minimum Gasteiger partial charge on any atom is -0.493 e. The minimum absolute atomic E-state index is 0.760. The number of rotatable bonds is 7. The number of hydrogen-bond acceptors (Lipinski definition) is 2. The standard InChI is InChI=1S/C17H25NO/c1-2-8-15-9-3-6-12-17(15)19-14-7-13-18-16-10-4-5-11-16/h2-3,6,8-9,12,16,18H,4-5,7,10-11,13-14H2,1H3. The van der Waals surface area contributed by atoms with E-state index >= 15 is 0 Å². The summed E-state index contributed by atoms with van der Waals surface area (Å²) in [5.41, 5.74) is 1.16. The fraction of sp³-hybridized carbons (Fsp3) is 0.529. The Labute approximate surface area is 116 Å². The molecule has 1 saturated carbocycles. The Balaban J connectivity index is 1.67. The molecule has 1 aromatic rings. The molecule has 0 saturated heterocycles. The number of nitrogens with one attached hydrogen (secondary N) is 1. The van der Waals surface area contributed by atoms with Crippen LogP contribution in [0.5, 0.6) is 5.75 Å². The van der Waals surface area contributed by atoms with E-state index in [4.69, 9.17) is 4.74 Å². The van der Waals surface area contributed by atoms with Gasteiger partial charge in [0.25, 0.3) is 0 Å². The van der Waals surface area contributed by atoms with Crippen LogP contribution in [-0.4, -0.2) is 19.2 Å². The second-order valence-corrected chi connectivity index (χ2v) is 5.18. The van der Waals surface area contributed by atoms with Crippen molar-refractivity contribution in [3.63, 3.8) is 0 Å². The molecule has 1 aliphatic rings. The van der Waals surface area contributed by atoms with Gasteiger partial charge in [0, 0.05) is 11.6 Å². The lowest BCUT2D eigenvalue weighted by Gasteiger charge is -2.12. The topological polar surface area (TPSA) is 21.3 Å². The van der Waals surface area contributed by atoms with Gasteiger partial charge < -0.3 is 10.1 Å². The molecule has 1 aromatic carbocycles. The second-order valence-electron chi connectivity index (χ2n) is 5.18. The highest BCUT2D eigenvalue weighted by Gasteiger charge is 2.13. The maximum absolute atomic E-state index is 5.86. The van der Waals surface area contributed by atoms with Crippen LogP contribution in [-0.2, 0) is 0 Å². The zero-order chi connectivity index (χ0) is 13.3. The van der Waals surface area contributed by atoms with Gasteiger partial charge in [-0.25, -0.2) is 0 Å². The number of allylic oxidation sites excluding steroid dienone is 1. The summed E-state index contributed by atoms with van der Waals surface area (Å²) in [6.45, 7) is 3.88. The van der Waals surface area contributed by atoms with Gasteiger partial charge in [0.05, 0.1) is 6.61 Å². The molecule has 2 heteroatoms. The SMILES string of the molecule is CC=Cc1ccccc1OCCCNC1CCCC1. The Morgan fingerprint density at radius 3 is 2.84 bits per heavy atom. The van der Waals surface area contributed by atoms with Gasteiger partial charge in [-0.15, -0.1) is 0 Å². The predicted octanol–water partition coefficient (Wildman–Crippen LogP) is 4.02. The number of hydrogen-bond donors (Lipinski definition) is 1. The monoisotopic (exact) mass is 259 g/mol. The maximum atomic E-state index is 5.86. The smallest absolute Gasteiger partial charge is 0.126 e. The van der Waals surface area contributed by atoms with Crippen LogP contribution in [0, 0.1) is 0 Å². The van der Waals surface area contributed by atoms with E-state index in [-0.39, 0.29) is 0 Å². The predicted molar refractivity (Wildman–Crippen MR) is 81.5 cm³/mol. The molecule has 0 atom stereocenters. The molecule has 0 spiro atoms. The van der Waals surface area contributed by atoms with Gasteiger partial charge in [-0.3, -0.25) is 0 Å². The lowest BCUT2D eigenvalue weighted by Crippen LogP contribution is -2.27. The molecular formula is C17H25NO. The summed E-state index contributed by atoms with van der Waals surface area (Å²) in [4.78, 5) is 0. The van der Waals surface area contributed by atoms with Gasteiger partial charge >= 0.3 is 0 Å². The zero-order valence-electron chi connectivity index (χ0n) is 11.9. The number of benzene rings is 1. The van der Waals surface area contributed by atoms with Crippen LogP contribution in [0.3, 0.4) is 0 Å². The highest BCUT2D eigenvalue weighted by Crippen LogP contribution is 2.20. The van der Waals surface area contributed by atoms with E-state index in [1.165, 1.54) is 25.7 Å². The van der Waals surface area contributed by atoms with Crippen molar-refractivity contribution >= 4 is 6.08 Å². The first-order valence-electron chi connectivity index (χ1n) is 7.48. The second kappa shape index (κ2) is 8.00. The third-order valence-electron chi connectivity index (χ3n) is 3.63. The van der Waals surface area contributed by atoms with E-state index in [1.54, 1.807) is 0 Å². The Kier molecular flexibility index (Phi) is 5.96. The maximum Gasteiger partial charge on any atom is 0.126 e. The van der Waals surface area contributed by atoms with Crippen LogP contribution < -0.4 is 10.1 Å². The van der Waals surface area contributed by atoms with E-state index in [0.717, 1.165) is 36.9 Å². The minimum atomic E-state index is 0.760. The molecule has 2 rings (SSSR count). The van der Waals surface area contributed by atoms with Crippen LogP contribution in [0.4, 0.5) is 0 Å². The van der Waals surface area contributed by atoms with Gasteiger partial charge in [0.1, 0.15) is 5.75 Å². The summed E-state index contributed by atoms with van der Waals surface area (Å²) in [7, 11) is 0. The highest BCUT2D eigenvalue weighted by molar-refractivity contribution is 5.56. The lowest BCUT2D eigenvalue weighted by atomic mass is 10.2. The van der Waals surface area contributed by atoms with E-state index < -0.39 is 0 Å². The first-order chi connectivity index (χ1) is 9.40. The van der Waals surface area contributed by atoms with Crippen molar-refractivity contribution in [3.8, 4) is 5.75 Å². The van der Waals surface area contributed by atoms with Gasteiger partial charge in [0.2, 0.25) is 0 Å². The fourth-order valence-electron chi connectivity index (χ4n) is 2.62. The molecule has 1 aliphatic carbocycles. The Bertz CT molecular complexity index is 394. The van der Waals surface area contributed by atoms with Crippen LogP contribution in [0.15, 0.2) is 30.3 Å². The number of ether oxygens (including phenoxy) is 1. The van der Waals surface area contributed by atoms with Crippen LogP contribution in [0.1, 0.15) is 44.6 Å². The molecule has 19 heavy (non-hydrogen) atoms. The summed E-state index contributed by atoms with van der Waals surface area (Å²) in [5.74, 6) is 0.987. The van der Waals surface area contributed by atoms with Crippen molar-refractivity contribution in [2.45, 2.75) is 45.1 Å². The molecule has 0 bridgehead atoms. The quantitative estimate of drug-likeness (QED) is 0.747. The largest absolute Gasteiger partial charge is 0.493 e. The number of para-hydroxylation sites is 1.